The second-order valence-corrected chi connectivity index (χ2v) is 4.99. The van der Waals surface area contributed by atoms with Gasteiger partial charge in [0.25, 0.3) is 0 Å². The lowest BCUT2D eigenvalue weighted by Gasteiger charge is -2.38. The molecule has 0 bridgehead atoms. The Morgan fingerprint density at radius 3 is 2.38 bits per heavy atom. The molecule has 0 radical (unpaired) electrons. The van der Waals surface area contributed by atoms with E-state index >= 15 is 0 Å². The topological polar surface area (TPSA) is 36.4 Å². The third-order valence-corrected chi connectivity index (χ3v) is 3.41. The number of piperidine rings is 1. The van der Waals surface area contributed by atoms with E-state index in [0.717, 1.165) is 19.6 Å². The van der Waals surface area contributed by atoms with E-state index in [-0.39, 0.29) is 6.10 Å². The molecule has 1 aromatic rings. The second-order valence-electron chi connectivity index (χ2n) is 4.99. The van der Waals surface area contributed by atoms with Crippen LogP contribution in [0.5, 0.6) is 0 Å². The van der Waals surface area contributed by atoms with Crippen LogP contribution in [0.1, 0.15) is 19.4 Å². The smallest absolute Gasteiger partial charge is 0.0615 e. The fraction of sp³-hybridized carbons (Fsp3) is 0.615. The lowest BCUT2D eigenvalue weighted by Crippen LogP contribution is -2.46. The Labute approximate surface area is 97.1 Å². The summed E-state index contributed by atoms with van der Waals surface area (Å²) in [6.07, 6.45) is 3.52. The van der Waals surface area contributed by atoms with Gasteiger partial charge in [0, 0.05) is 32.0 Å². The lowest BCUT2D eigenvalue weighted by molar-refractivity contribution is -0.0107. The van der Waals surface area contributed by atoms with E-state index in [9.17, 15) is 5.11 Å². The Morgan fingerprint density at radius 1 is 1.25 bits per heavy atom. The minimum atomic E-state index is -0.145. The molecule has 1 aliphatic heterocycles. The van der Waals surface area contributed by atoms with Gasteiger partial charge in [-0.05, 0) is 29.5 Å². The maximum absolute atomic E-state index is 9.89. The number of pyridine rings is 1. The van der Waals surface area contributed by atoms with Crippen LogP contribution in [0.15, 0.2) is 24.5 Å². The van der Waals surface area contributed by atoms with Gasteiger partial charge >= 0.3 is 0 Å². The molecule has 3 nitrogen and oxygen atoms in total. The highest BCUT2D eigenvalue weighted by Crippen LogP contribution is 2.22. The summed E-state index contributed by atoms with van der Waals surface area (Å²) in [6.45, 7) is 7.17. The molecule has 1 saturated heterocycles. The molecule has 0 spiro atoms. The van der Waals surface area contributed by atoms with Crippen molar-refractivity contribution >= 4 is 0 Å². The first-order valence-corrected chi connectivity index (χ1v) is 5.96. The molecule has 3 heteroatoms. The van der Waals surface area contributed by atoms with Crippen molar-refractivity contribution in [2.24, 2.45) is 11.8 Å². The molecular weight excluding hydrogens is 200 g/mol. The average molecular weight is 220 g/mol. The van der Waals surface area contributed by atoms with Gasteiger partial charge in [0.15, 0.2) is 0 Å². The zero-order chi connectivity index (χ0) is 11.5. The van der Waals surface area contributed by atoms with Gasteiger partial charge in [0.2, 0.25) is 0 Å². The number of aliphatic hydroxyl groups excluding tert-OH is 1. The first-order valence-electron chi connectivity index (χ1n) is 5.96. The van der Waals surface area contributed by atoms with Crippen LogP contribution in [-0.2, 0) is 6.54 Å². The van der Waals surface area contributed by atoms with Crippen LogP contribution in [-0.4, -0.2) is 34.2 Å². The molecule has 0 amide bonds. The van der Waals surface area contributed by atoms with Crippen LogP contribution < -0.4 is 0 Å². The SMILES string of the molecule is CC1CN(Cc2ccncc2)CC(C)C1O. The van der Waals surface area contributed by atoms with E-state index in [1.165, 1.54) is 5.56 Å². The number of hydrogen-bond donors (Lipinski definition) is 1. The maximum Gasteiger partial charge on any atom is 0.0615 e. The summed E-state index contributed by atoms with van der Waals surface area (Å²) >= 11 is 0. The number of hydrogen-bond acceptors (Lipinski definition) is 3. The predicted octanol–water partition coefficient (Wildman–Crippen LogP) is 1.53. The van der Waals surface area contributed by atoms with E-state index in [0.29, 0.717) is 11.8 Å². The highest BCUT2D eigenvalue weighted by molar-refractivity contribution is 5.09. The van der Waals surface area contributed by atoms with Gasteiger partial charge in [-0.1, -0.05) is 13.8 Å². The largest absolute Gasteiger partial charge is 0.392 e. The molecular formula is C13H20N2O. The molecule has 1 aliphatic rings. The lowest BCUT2D eigenvalue weighted by atomic mass is 9.88. The van der Waals surface area contributed by atoms with Gasteiger partial charge in [-0.2, -0.15) is 0 Å². The quantitative estimate of drug-likeness (QED) is 0.821. The van der Waals surface area contributed by atoms with Crippen molar-refractivity contribution in [2.75, 3.05) is 13.1 Å². The molecule has 2 rings (SSSR count). The molecule has 0 aromatic carbocycles. The molecule has 2 atom stereocenters. The summed E-state index contributed by atoms with van der Waals surface area (Å²) < 4.78 is 0. The molecule has 88 valence electrons. The third kappa shape index (κ3) is 2.60. The highest BCUT2D eigenvalue weighted by Gasteiger charge is 2.29. The van der Waals surface area contributed by atoms with Crippen molar-refractivity contribution in [3.63, 3.8) is 0 Å². The predicted molar refractivity (Wildman–Crippen MR) is 63.8 cm³/mol. The number of nitrogens with zero attached hydrogens (tertiary/aromatic N) is 2. The minimum absolute atomic E-state index is 0.145. The van der Waals surface area contributed by atoms with Gasteiger partial charge in [-0.3, -0.25) is 9.88 Å². The standard InChI is InChI=1S/C13H20N2O/c1-10-7-15(8-11(2)13(10)16)9-12-3-5-14-6-4-12/h3-6,10-11,13,16H,7-9H2,1-2H3. The van der Waals surface area contributed by atoms with Crippen molar-refractivity contribution < 1.29 is 5.11 Å². The Bertz CT molecular complexity index is 316. The summed E-state index contributed by atoms with van der Waals surface area (Å²) in [4.78, 5) is 6.44. The number of rotatable bonds is 2. The van der Waals surface area contributed by atoms with Gasteiger partial charge in [0.1, 0.15) is 0 Å². The van der Waals surface area contributed by atoms with Crippen molar-refractivity contribution in [1.29, 1.82) is 0 Å². The van der Waals surface area contributed by atoms with Crippen molar-refractivity contribution in [3.8, 4) is 0 Å². The summed E-state index contributed by atoms with van der Waals surface area (Å²) in [5, 5.41) is 9.89. The Morgan fingerprint density at radius 2 is 1.81 bits per heavy atom. The zero-order valence-corrected chi connectivity index (χ0v) is 10.0. The molecule has 16 heavy (non-hydrogen) atoms. The normalized spacial score (nSPS) is 31.6. The van der Waals surface area contributed by atoms with Gasteiger partial charge in [-0.25, -0.2) is 0 Å². The van der Waals surface area contributed by atoms with Gasteiger partial charge in [-0.15, -0.1) is 0 Å². The van der Waals surface area contributed by atoms with E-state index in [4.69, 9.17) is 0 Å². The van der Waals surface area contributed by atoms with Crippen LogP contribution in [0.4, 0.5) is 0 Å². The van der Waals surface area contributed by atoms with E-state index in [1.807, 2.05) is 12.4 Å². The fourth-order valence-electron chi connectivity index (χ4n) is 2.54. The number of aliphatic hydroxyl groups is 1. The summed E-state index contributed by atoms with van der Waals surface area (Å²) in [5.41, 5.74) is 1.30. The summed E-state index contributed by atoms with van der Waals surface area (Å²) in [6, 6.07) is 4.11. The Kier molecular flexibility index (Phi) is 3.56. The first-order chi connectivity index (χ1) is 7.66. The van der Waals surface area contributed by atoms with Crippen LogP contribution in [0.3, 0.4) is 0 Å². The molecule has 2 unspecified atom stereocenters. The van der Waals surface area contributed by atoms with E-state index in [2.05, 4.69) is 35.9 Å². The maximum atomic E-state index is 9.89. The molecule has 2 heterocycles. The molecule has 0 aliphatic carbocycles. The van der Waals surface area contributed by atoms with Gasteiger partial charge < -0.3 is 5.11 Å². The molecule has 1 aromatic heterocycles. The first kappa shape index (κ1) is 11.6. The van der Waals surface area contributed by atoms with Crippen molar-refractivity contribution in [1.82, 2.24) is 9.88 Å². The van der Waals surface area contributed by atoms with Crippen LogP contribution in [0.2, 0.25) is 0 Å². The summed E-state index contributed by atoms with van der Waals surface area (Å²) in [5.74, 6) is 0.733. The molecule has 1 N–H and O–H groups in total. The second kappa shape index (κ2) is 4.93. The van der Waals surface area contributed by atoms with Crippen LogP contribution in [0.25, 0.3) is 0 Å². The fourth-order valence-corrected chi connectivity index (χ4v) is 2.54. The highest BCUT2D eigenvalue weighted by atomic mass is 16.3. The van der Waals surface area contributed by atoms with Gasteiger partial charge in [0.05, 0.1) is 6.10 Å². The van der Waals surface area contributed by atoms with E-state index < -0.39 is 0 Å². The number of aromatic nitrogens is 1. The monoisotopic (exact) mass is 220 g/mol. The third-order valence-electron chi connectivity index (χ3n) is 3.41. The Balaban J connectivity index is 1.97. The molecule has 0 saturated carbocycles. The van der Waals surface area contributed by atoms with E-state index in [1.54, 1.807) is 0 Å². The summed E-state index contributed by atoms with van der Waals surface area (Å²) in [7, 11) is 0. The Hall–Kier alpha value is -0.930. The van der Waals surface area contributed by atoms with Crippen molar-refractivity contribution in [3.05, 3.63) is 30.1 Å². The van der Waals surface area contributed by atoms with Crippen molar-refractivity contribution in [2.45, 2.75) is 26.5 Å². The van der Waals surface area contributed by atoms with Crippen LogP contribution >= 0.6 is 0 Å². The average Bonchev–Trinajstić information content (AvgIpc) is 2.27. The van der Waals surface area contributed by atoms with Crippen LogP contribution in [0, 0.1) is 11.8 Å². The minimum Gasteiger partial charge on any atom is -0.392 e. The zero-order valence-electron chi connectivity index (χ0n) is 10.0. The molecule has 1 fully saturated rings. The number of likely N-dealkylation sites (tertiary alicyclic amines) is 1.